The molecule has 19 heavy (non-hydrogen) atoms. The molecule has 1 aliphatic heterocycles. The molecule has 0 radical (unpaired) electrons. The second-order valence-corrected chi connectivity index (χ2v) is 5.31. The Morgan fingerprint density at radius 1 is 1.21 bits per heavy atom. The summed E-state index contributed by atoms with van der Waals surface area (Å²) in [5.74, 6) is 0. The number of rotatable bonds is 7. The standard InChI is InChI=1S/C16H26N2O/c1-17-15-10-12-18(11-6-2-3-7-13-19)16-9-5-4-8-14(15)16/h4-5,8-9,15,17,19H,2-3,6-7,10-13H2,1H3. The SMILES string of the molecule is CNC1CCN(CCCCCCO)c2ccccc21. The highest BCUT2D eigenvalue weighted by molar-refractivity contribution is 5.56. The van der Waals surface area contributed by atoms with Gasteiger partial charge in [-0.3, -0.25) is 0 Å². The van der Waals surface area contributed by atoms with Crippen LogP contribution in [0.4, 0.5) is 5.69 Å². The van der Waals surface area contributed by atoms with E-state index in [-0.39, 0.29) is 0 Å². The highest BCUT2D eigenvalue weighted by Gasteiger charge is 2.22. The van der Waals surface area contributed by atoms with Crippen molar-refractivity contribution in [1.29, 1.82) is 0 Å². The topological polar surface area (TPSA) is 35.5 Å². The van der Waals surface area contributed by atoms with Crippen LogP contribution in [0.3, 0.4) is 0 Å². The smallest absolute Gasteiger partial charge is 0.0431 e. The summed E-state index contributed by atoms with van der Waals surface area (Å²) in [5, 5.41) is 12.2. The molecule has 1 unspecified atom stereocenters. The molecule has 2 N–H and O–H groups in total. The fourth-order valence-corrected chi connectivity index (χ4v) is 2.93. The lowest BCUT2D eigenvalue weighted by Gasteiger charge is -2.35. The van der Waals surface area contributed by atoms with E-state index in [1.165, 1.54) is 30.5 Å². The van der Waals surface area contributed by atoms with Gasteiger partial charge in [0.05, 0.1) is 0 Å². The van der Waals surface area contributed by atoms with Crippen LogP contribution in [0.25, 0.3) is 0 Å². The van der Waals surface area contributed by atoms with Crippen LogP contribution in [0.15, 0.2) is 24.3 Å². The van der Waals surface area contributed by atoms with Gasteiger partial charge < -0.3 is 15.3 Å². The Morgan fingerprint density at radius 3 is 2.79 bits per heavy atom. The van der Waals surface area contributed by atoms with E-state index >= 15 is 0 Å². The van der Waals surface area contributed by atoms with Crippen LogP contribution in [0.5, 0.6) is 0 Å². The zero-order chi connectivity index (χ0) is 13.5. The van der Waals surface area contributed by atoms with Gasteiger partial charge in [0.15, 0.2) is 0 Å². The minimum absolute atomic E-state index is 0.330. The quantitative estimate of drug-likeness (QED) is 0.742. The van der Waals surface area contributed by atoms with Crippen molar-refractivity contribution in [1.82, 2.24) is 5.32 Å². The normalized spacial score (nSPS) is 18.4. The van der Waals surface area contributed by atoms with Crippen molar-refractivity contribution in [3.8, 4) is 0 Å². The minimum atomic E-state index is 0.330. The molecule has 2 rings (SSSR count). The summed E-state index contributed by atoms with van der Waals surface area (Å²) in [4.78, 5) is 2.52. The average Bonchev–Trinajstić information content (AvgIpc) is 2.47. The maximum atomic E-state index is 8.78. The fraction of sp³-hybridized carbons (Fsp3) is 0.625. The third-order valence-electron chi connectivity index (χ3n) is 4.03. The number of hydrogen-bond donors (Lipinski definition) is 2. The molecule has 0 saturated heterocycles. The van der Waals surface area contributed by atoms with Gasteiger partial charge in [-0.2, -0.15) is 0 Å². The van der Waals surface area contributed by atoms with Gasteiger partial charge in [-0.25, -0.2) is 0 Å². The lowest BCUT2D eigenvalue weighted by atomic mass is 9.96. The van der Waals surface area contributed by atoms with Crippen molar-refractivity contribution in [2.45, 2.75) is 38.1 Å². The lowest BCUT2D eigenvalue weighted by Crippen LogP contribution is -2.35. The first-order chi connectivity index (χ1) is 9.36. The van der Waals surface area contributed by atoms with E-state index < -0.39 is 0 Å². The van der Waals surface area contributed by atoms with Crippen LogP contribution >= 0.6 is 0 Å². The van der Waals surface area contributed by atoms with E-state index in [9.17, 15) is 0 Å². The monoisotopic (exact) mass is 262 g/mol. The largest absolute Gasteiger partial charge is 0.396 e. The van der Waals surface area contributed by atoms with Crippen LogP contribution < -0.4 is 10.2 Å². The molecule has 3 nitrogen and oxygen atoms in total. The van der Waals surface area contributed by atoms with Gasteiger partial charge in [0.1, 0.15) is 0 Å². The Hall–Kier alpha value is -1.06. The second-order valence-electron chi connectivity index (χ2n) is 5.31. The first-order valence-corrected chi connectivity index (χ1v) is 7.49. The number of unbranched alkanes of at least 4 members (excludes halogenated alkanes) is 3. The summed E-state index contributed by atoms with van der Waals surface area (Å²) in [5.41, 5.74) is 2.84. The summed E-state index contributed by atoms with van der Waals surface area (Å²) < 4.78 is 0. The van der Waals surface area contributed by atoms with Crippen LogP contribution in [0, 0.1) is 0 Å². The first-order valence-electron chi connectivity index (χ1n) is 7.49. The summed E-state index contributed by atoms with van der Waals surface area (Å²) >= 11 is 0. The Bertz CT molecular complexity index is 381. The van der Waals surface area contributed by atoms with E-state index in [2.05, 4.69) is 34.5 Å². The molecule has 0 fully saturated rings. The maximum absolute atomic E-state index is 8.78. The number of para-hydroxylation sites is 1. The highest BCUT2D eigenvalue weighted by Crippen LogP contribution is 2.33. The zero-order valence-corrected chi connectivity index (χ0v) is 11.9. The molecule has 0 spiro atoms. The molecule has 3 heteroatoms. The predicted molar refractivity (Wildman–Crippen MR) is 80.6 cm³/mol. The predicted octanol–water partition coefficient (Wildman–Crippen LogP) is 2.71. The van der Waals surface area contributed by atoms with E-state index in [4.69, 9.17) is 5.11 Å². The maximum Gasteiger partial charge on any atom is 0.0431 e. The Kier molecular flexibility index (Phi) is 5.67. The van der Waals surface area contributed by atoms with Gasteiger partial charge in [-0.05, 0) is 37.9 Å². The summed E-state index contributed by atoms with van der Waals surface area (Å²) in [6.45, 7) is 2.61. The number of nitrogens with one attached hydrogen (secondary N) is 1. The Morgan fingerprint density at radius 2 is 2.00 bits per heavy atom. The molecule has 1 aromatic rings. The molecule has 106 valence electrons. The van der Waals surface area contributed by atoms with E-state index in [0.717, 1.165) is 25.9 Å². The van der Waals surface area contributed by atoms with E-state index in [0.29, 0.717) is 12.6 Å². The number of nitrogens with zero attached hydrogens (tertiary/aromatic N) is 1. The Balaban J connectivity index is 1.92. The van der Waals surface area contributed by atoms with Crippen molar-refractivity contribution in [3.05, 3.63) is 29.8 Å². The molecule has 1 atom stereocenters. The van der Waals surface area contributed by atoms with Gasteiger partial charge in [0.2, 0.25) is 0 Å². The number of fused-ring (bicyclic) bond motifs is 1. The van der Waals surface area contributed by atoms with E-state index in [1.54, 1.807) is 0 Å². The third-order valence-corrected chi connectivity index (χ3v) is 4.03. The first kappa shape index (κ1) is 14.4. The van der Waals surface area contributed by atoms with Gasteiger partial charge in [0.25, 0.3) is 0 Å². The minimum Gasteiger partial charge on any atom is -0.396 e. The van der Waals surface area contributed by atoms with Crippen LogP contribution in [0.1, 0.15) is 43.7 Å². The van der Waals surface area contributed by atoms with Crippen LogP contribution in [0.2, 0.25) is 0 Å². The number of aliphatic hydroxyl groups is 1. The molecule has 1 aliphatic rings. The summed E-state index contributed by atoms with van der Waals surface area (Å²) in [6.07, 6.45) is 5.71. The van der Waals surface area contributed by atoms with Crippen molar-refractivity contribution in [3.63, 3.8) is 0 Å². The molecule has 0 saturated carbocycles. The lowest BCUT2D eigenvalue weighted by molar-refractivity contribution is 0.282. The van der Waals surface area contributed by atoms with Crippen molar-refractivity contribution < 1.29 is 5.11 Å². The third kappa shape index (κ3) is 3.71. The molecule has 0 bridgehead atoms. The molecular formula is C16H26N2O. The molecule has 0 amide bonds. The highest BCUT2D eigenvalue weighted by atomic mass is 16.2. The molecule has 0 aromatic heterocycles. The van der Waals surface area contributed by atoms with E-state index in [1.807, 2.05) is 7.05 Å². The van der Waals surface area contributed by atoms with Crippen molar-refractivity contribution >= 4 is 5.69 Å². The van der Waals surface area contributed by atoms with Crippen LogP contribution in [-0.2, 0) is 0 Å². The van der Waals surface area contributed by atoms with Gasteiger partial charge in [-0.1, -0.05) is 31.0 Å². The molecule has 0 aliphatic carbocycles. The molecule has 1 heterocycles. The van der Waals surface area contributed by atoms with Gasteiger partial charge >= 0.3 is 0 Å². The van der Waals surface area contributed by atoms with Crippen molar-refractivity contribution in [2.24, 2.45) is 0 Å². The van der Waals surface area contributed by atoms with Crippen LogP contribution in [-0.4, -0.2) is 31.9 Å². The molecule has 1 aromatic carbocycles. The second kappa shape index (κ2) is 7.51. The van der Waals surface area contributed by atoms with Gasteiger partial charge in [0, 0.05) is 31.4 Å². The number of aliphatic hydroxyl groups excluding tert-OH is 1. The molecular weight excluding hydrogens is 236 g/mol. The van der Waals surface area contributed by atoms with Gasteiger partial charge in [-0.15, -0.1) is 0 Å². The fourth-order valence-electron chi connectivity index (χ4n) is 2.93. The Labute approximate surface area is 116 Å². The summed E-state index contributed by atoms with van der Waals surface area (Å²) in [7, 11) is 2.05. The number of benzene rings is 1. The average molecular weight is 262 g/mol. The number of hydrogen-bond acceptors (Lipinski definition) is 3. The van der Waals surface area contributed by atoms with Crippen molar-refractivity contribution in [2.75, 3.05) is 31.6 Å². The zero-order valence-electron chi connectivity index (χ0n) is 11.9. The summed E-state index contributed by atoms with van der Waals surface area (Å²) in [6, 6.07) is 9.26. The number of anilines is 1.